The van der Waals surface area contributed by atoms with Crippen molar-refractivity contribution in [2.24, 2.45) is 0 Å². The summed E-state index contributed by atoms with van der Waals surface area (Å²) in [5.41, 5.74) is -0.0767. The molecule has 2 aromatic rings. The molecule has 0 N–H and O–H groups in total. The SMILES string of the molecule is C=C(C(=O)OC)[C@@H](O[C@@H](C(=C)C(=O)OC)c1ccc([N+](=O)[O-])cc1)c1ccc([N+](=O)[O-])cc1. The first-order chi connectivity index (χ1) is 15.6. The Kier molecular flexibility index (Phi) is 8.13. The van der Waals surface area contributed by atoms with Gasteiger partial charge < -0.3 is 14.2 Å². The largest absolute Gasteiger partial charge is 0.466 e. The number of hydrogen-bond acceptors (Lipinski definition) is 9. The van der Waals surface area contributed by atoms with Crippen molar-refractivity contribution in [3.05, 3.63) is 104 Å². The monoisotopic (exact) mass is 456 g/mol. The molecule has 2 atom stereocenters. The van der Waals surface area contributed by atoms with Crippen molar-refractivity contribution in [1.29, 1.82) is 0 Å². The molecular formula is C22H20N2O9. The predicted octanol–water partition coefficient (Wildman–Crippen LogP) is 3.76. The predicted molar refractivity (Wildman–Crippen MR) is 115 cm³/mol. The van der Waals surface area contributed by atoms with Crippen LogP contribution in [-0.4, -0.2) is 36.0 Å². The van der Waals surface area contributed by atoms with Gasteiger partial charge in [-0.1, -0.05) is 13.2 Å². The number of carbonyl (C=O) groups excluding carboxylic acids is 2. The van der Waals surface area contributed by atoms with Crippen LogP contribution in [0.4, 0.5) is 11.4 Å². The van der Waals surface area contributed by atoms with Crippen molar-refractivity contribution in [2.45, 2.75) is 12.2 Å². The van der Waals surface area contributed by atoms with Gasteiger partial charge in [0.2, 0.25) is 0 Å². The van der Waals surface area contributed by atoms with E-state index in [2.05, 4.69) is 13.2 Å². The van der Waals surface area contributed by atoms with Crippen LogP contribution in [0, 0.1) is 20.2 Å². The second kappa shape index (κ2) is 10.8. The van der Waals surface area contributed by atoms with Crippen LogP contribution in [0.3, 0.4) is 0 Å². The smallest absolute Gasteiger partial charge is 0.336 e. The van der Waals surface area contributed by atoms with Crippen molar-refractivity contribution < 1.29 is 33.6 Å². The topological polar surface area (TPSA) is 148 Å². The zero-order chi connectivity index (χ0) is 24.7. The Morgan fingerprint density at radius 1 is 0.727 bits per heavy atom. The van der Waals surface area contributed by atoms with E-state index in [-0.39, 0.29) is 22.5 Å². The third kappa shape index (κ3) is 5.86. The molecule has 0 spiro atoms. The van der Waals surface area contributed by atoms with Crippen LogP contribution in [0.5, 0.6) is 0 Å². The molecule has 2 rings (SSSR count). The Morgan fingerprint density at radius 3 is 1.27 bits per heavy atom. The first-order valence-electron chi connectivity index (χ1n) is 9.29. The highest BCUT2D eigenvalue weighted by Crippen LogP contribution is 2.37. The summed E-state index contributed by atoms with van der Waals surface area (Å²) in [6, 6.07) is 10.3. The number of nitro groups is 2. The second-order valence-electron chi connectivity index (χ2n) is 6.63. The molecule has 0 fully saturated rings. The molecular weight excluding hydrogens is 436 g/mol. The maximum atomic E-state index is 12.2. The van der Waals surface area contributed by atoms with Crippen LogP contribution in [0.2, 0.25) is 0 Å². The van der Waals surface area contributed by atoms with Crippen LogP contribution in [-0.2, 0) is 23.8 Å². The number of nitrogens with zero attached hydrogens (tertiary/aromatic N) is 2. The van der Waals surface area contributed by atoms with E-state index in [9.17, 15) is 29.8 Å². The standard InChI is InChI=1S/C22H20N2O9/c1-13(21(25)31-3)19(15-5-9-17(10-6-15)23(27)28)33-20(14(2)22(26)32-4)16-7-11-18(12-8-16)24(29)30/h5-12,19-20H,1-2H2,3-4H3/t19-,20+. The lowest BCUT2D eigenvalue weighted by molar-refractivity contribution is -0.385. The number of non-ortho nitro benzene ring substituents is 2. The van der Waals surface area contributed by atoms with Gasteiger partial charge in [0.05, 0.1) is 35.2 Å². The van der Waals surface area contributed by atoms with Crippen LogP contribution in [0.25, 0.3) is 0 Å². The van der Waals surface area contributed by atoms with Gasteiger partial charge in [0, 0.05) is 24.3 Å². The van der Waals surface area contributed by atoms with Gasteiger partial charge in [0.25, 0.3) is 11.4 Å². The average molecular weight is 456 g/mol. The summed E-state index contributed by atoms with van der Waals surface area (Å²) in [4.78, 5) is 45.2. The Bertz CT molecular complexity index is 1000. The molecule has 2 aromatic carbocycles. The van der Waals surface area contributed by atoms with E-state index in [0.717, 1.165) is 14.2 Å². The summed E-state index contributed by atoms with van der Waals surface area (Å²) in [5, 5.41) is 22.0. The molecule has 172 valence electrons. The lowest BCUT2D eigenvalue weighted by atomic mass is 9.98. The number of esters is 2. The quantitative estimate of drug-likeness (QED) is 0.225. The third-order valence-electron chi connectivity index (χ3n) is 4.61. The number of methoxy groups -OCH3 is 2. The number of nitro benzene ring substituents is 2. The van der Waals surface area contributed by atoms with Gasteiger partial charge in [-0.25, -0.2) is 9.59 Å². The molecule has 0 aliphatic rings. The third-order valence-corrected chi connectivity index (χ3v) is 4.61. The molecule has 0 radical (unpaired) electrons. The van der Waals surface area contributed by atoms with E-state index < -0.39 is 34.0 Å². The summed E-state index contributed by atoms with van der Waals surface area (Å²) >= 11 is 0. The molecule has 0 saturated carbocycles. The highest BCUT2D eigenvalue weighted by Gasteiger charge is 2.31. The summed E-state index contributed by atoms with van der Waals surface area (Å²) < 4.78 is 15.5. The first kappa shape index (κ1) is 24.9. The lowest BCUT2D eigenvalue weighted by Crippen LogP contribution is -2.21. The van der Waals surface area contributed by atoms with E-state index >= 15 is 0 Å². The Morgan fingerprint density at radius 2 is 1.03 bits per heavy atom. The fourth-order valence-corrected chi connectivity index (χ4v) is 2.88. The van der Waals surface area contributed by atoms with Crippen LogP contribution < -0.4 is 0 Å². The molecule has 0 aliphatic heterocycles. The minimum Gasteiger partial charge on any atom is -0.466 e. The van der Waals surface area contributed by atoms with Gasteiger partial charge in [0.1, 0.15) is 12.2 Å². The van der Waals surface area contributed by atoms with E-state index in [1.807, 2.05) is 0 Å². The van der Waals surface area contributed by atoms with Gasteiger partial charge >= 0.3 is 11.9 Å². The maximum absolute atomic E-state index is 12.2. The molecule has 11 heteroatoms. The summed E-state index contributed by atoms with van der Waals surface area (Å²) in [6.45, 7) is 7.40. The fourth-order valence-electron chi connectivity index (χ4n) is 2.88. The van der Waals surface area contributed by atoms with E-state index in [0.29, 0.717) is 11.1 Å². The molecule has 0 amide bonds. The summed E-state index contributed by atoms with van der Waals surface area (Å²) in [5.74, 6) is -1.63. The minimum atomic E-state index is -1.21. The molecule has 0 saturated heterocycles. The fraction of sp³-hybridized carbons (Fsp3) is 0.182. The number of hydrogen-bond donors (Lipinski definition) is 0. The molecule has 0 aromatic heterocycles. The van der Waals surface area contributed by atoms with E-state index in [1.165, 1.54) is 48.5 Å². The second-order valence-corrected chi connectivity index (χ2v) is 6.63. The van der Waals surface area contributed by atoms with Crippen LogP contribution in [0.15, 0.2) is 72.8 Å². The van der Waals surface area contributed by atoms with E-state index in [4.69, 9.17) is 14.2 Å². The van der Waals surface area contributed by atoms with Gasteiger partial charge in [0.15, 0.2) is 0 Å². The van der Waals surface area contributed by atoms with Gasteiger partial charge in [-0.2, -0.15) is 0 Å². The Hall–Kier alpha value is -4.38. The normalized spacial score (nSPS) is 12.2. The summed E-state index contributed by atoms with van der Waals surface area (Å²) in [7, 11) is 2.28. The molecule has 0 unspecified atom stereocenters. The highest BCUT2D eigenvalue weighted by molar-refractivity contribution is 5.90. The highest BCUT2D eigenvalue weighted by atomic mass is 16.6. The Balaban J connectivity index is 2.55. The number of ether oxygens (including phenoxy) is 3. The maximum Gasteiger partial charge on any atom is 0.336 e. The average Bonchev–Trinajstić information content (AvgIpc) is 2.83. The molecule has 33 heavy (non-hydrogen) atoms. The molecule has 0 heterocycles. The molecule has 0 bridgehead atoms. The van der Waals surface area contributed by atoms with Gasteiger partial charge in [-0.3, -0.25) is 20.2 Å². The van der Waals surface area contributed by atoms with Crippen molar-refractivity contribution in [3.63, 3.8) is 0 Å². The lowest BCUT2D eigenvalue weighted by Gasteiger charge is -2.27. The minimum absolute atomic E-state index is 0.157. The van der Waals surface area contributed by atoms with Crippen molar-refractivity contribution in [2.75, 3.05) is 14.2 Å². The van der Waals surface area contributed by atoms with E-state index in [1.54, 1.807) is 0 Å². The molecule has 11 nitrogen and oxygen atoms in total. The van der Waals surface area contributed by atoms with Gasteiger partial charge in [-0.15, -0.1) is 0 Å². The van der Waals surface area contributed by atoms with Crippen LogP contribution >= 0.6 is 0 Å². The first-order valence-corrected chi connectivity index (χ1v) is 9.29. The number of carbonyl (C=O) groups is 2. The van der Waals surface area contributed by atoms with Crippen molar-refractivity contribution in [3.8, 4) is 0 Å². The zero-order valence-corrected chi connectivity index (χ0v) is 17.8. The van der Waals surface area contributed by atoms with Crippen LogP contribution in [0.1, 0.15) is 23.3 Å². The zero-order valence-electron chi connectivity index (χ0n) is 17.8. The molecule has 0 aliphatic carbocycles. The van der Waals surface area contributed by atoms with Crippen molar-refractivity contribution >= 4 is 23.3 Å². The Labute approximate surface area is 188 Å². The number of benzene rings is 2. The van der Waals surface area contributed by atoms with Crippen molar-refractivity contribution in [1.82, 2.24) is 0 Å². The summed E-state index contributed by atoms with van der Waals surface area (Å²) in [6.07, 6.45) is -2.42. The van der Waals surface area contributed by atoms with Gasteiger partial charge in [-0.05, 0) is 35.4 Å². The number of rotatable bonds is 10.